The summed E-state index contributed by atoms with van der Waals surface area (Å²) in [7, 11) is 0. The Labute approximate surface area is 111 Å². The first-order valence-corrected chi connectivity index (χ1v) is 6.45. The maximum Gasteiger partial charge on any atom is 0.321 e. The molecule has 1 aliphatic heterocycles. The van der Waals surface area contributed by atoms with E-state index in [0.29, 0.717) is 10.9 Å². The third-order valence-electron chi connectivity index (χ3n) is 3.12. The summed E-state index contributed by atoms with van der Waals surface area (Å²) < 4.78 is 13.5. The first-order chi connectivity index (χ1) is 8.56. The fraction of sp³-hybridized carbons (Fsp3) is 0.462. The Morgan fingerprint density at radius 3 is 3.00 bits per heavy atom. The van der Waals surface area contributed by atoms with Crippen molar-refractivity contribution in [1.29, 1.82) is 0 Å². The second kappa shape index (κ2) is 5.57. The number of amides is 2. The van der Waals surface area contributed by atoms with Gasteiger partial charge in [-0.15, -0.1) is 0 Å². The molecule has 2 rings (SSSR count). The molecule has 1 unspecified atom stereocenters. The molecule has 1 saturated heterocycles. The van der Waals surface area contributed by atoms with Crippen LogP contribution in [0, 0.1) is 11.7 Å². The minimum Gasteiger partial charge on any atom is -0.324 e. The number of hydrogen-bond acceptors (Lipinski definition) is 1. The number of likely N-dealkylation sites (tertiary alicyclic amines) is 1. The highest BCUT2D eigenvalue weighted by Gasteiger charge is 2.21. The molecule has 0 bridgehead atoms. The largest absolute Gasteiger partial charge is 0.324 e. The molecule has 5 heteroatoms. The van der Waals surface area contributed by atoms with Gasteiger partial charge in [0.25, 0.3) is 0 Å². The number of carbonyl (C=O) groups is 1. The average molecular weight is 271 g/mol. The van der Waals surface area contributed by atoms with Crippen molar-refractivity contribution in [3.63, 3.8) is 0 Å². The van der Waals surface area contributed by atoms with Gasteiger partial charge in [-0.2, -0.15) is 0 Å². The Kier molecular flexibility index (Phi) is 4.07. The molecule has 2 amide bonds. The van der Waals surface area contributed by atoms with E-state index in [0.717, 1.165) is 25.9 Å². The highest BCUT2D eigenvalue weighted by molar-refractivity contribution is 6.30. The molecule has 0 radical (unpaired) electrons. The monoisotopic (exact) mass is 270 g/mol. The SMILES string of the molecule is CC1CCCN(C(=O)Nc2ccc(Cl)cc2F)C1. The van der Waals surface area contributed by atoms with Crippen LogP contribution in [-0.2, 0) is 0 Å². The maximum atomic E-state index is 13.5. The van der Waals surface area contributed by atoms with Crippen LogP contribution in [-0.4, -0.2) is 24.0 Å². The van der Waals surface area contributed by atoms with Crippen molar-refractivity contribution in [2.24, 2.45) is 5.92 Å². The molecule has 1 atom stereocenters. The fourth-order valence-corrected chi connectivity index (χ4v) is 2.32. The topological polar surface area (TPSA) is 32.3 Å². The molecule has 0 spiro atoms. The lowest BCUT2D eigenvalue weighted by atomic mass is 10.0. The van der Waals surface area contributed by atoms with Crippen LogP contribution in [0.15, 0.2) is 18.2 Å². The summed E-state index contributed by atoms with van der Waals surface area (Å²) in [5.41, 5.74) is 0.169. The van der Waals surface area contributed by atoms with Crippen LogP contribution < -0.4 is 5.32 Å². The van der Waals surface area contributed by atoms with Gasteiger partial charge in [0.15, 0.2) is 0 Å². The third kappa shape index (κ3) is 3.13. The Hall–Kier alpha value is -1.29. The summed E-state index contributed by atoms with van der Waals surface area (Å²) in [5.74, 6) is -0.0135. The molecule has 1 fully saturated rings. The van der Waals surface area contributed by atoms with E-state index in [-0.39, 0.29) is 11.7 Å². The molecular weight excluding hydrogens is 255 g/mol. The quantitative estimate of drug-likeness (QED) is 0.828. The zero-order valence-corrected chi connectivity index (χ0v) is 11.0. The van der Waals surface area contributed by atoms with Gasteiger partial charge in [0.2, 0.25) is 0 Å². The van der Waals surface area contributed by atoms with Gasteiger partial charge in [-0.05, 0) is 37.0 Å². The molecule has 0 aromatic heterocycles. The number of hydrogen-bond donors (Lipinski definition) is 1. The lowest BCUT2D eigenvalue weighted by molar-refractivity contribution is 0.182. The van der Waals surface area contributed by atoms with Crippen LogP contribution >= 0.6 is 11.6 Å². The number of rotatable bonds is 1. The van der Waals surface area contributed by atoms with E-state index >= 15 is 0 Å². The van der Waals surface area contributed by atoms with Crippen molar-refractivity contribution in [2.75, 3.05) is 18.4 Å². The normalized spacial score (nSPS) is 19.7. The van der Waals surface area contributed by atoms with E-state index in [1.54, 1.807) is 11.0 Å². The van der Waals surface area contributed by atoms with Crippen molar-refractivity contribution in [3.05, 3.63) is 29.0 Å². The Balaban J connectivity index is 2.02. The van der Waals surface area contributed by atoms with Crippen LogP contribution in [0.4, 0.5) is 14.9 Å². The van der Waals surface area contributed by atoms with Gasteiger partial charge in [-0.25, -0.2) is 9.18 Å². The maximum absolute atomic E-state index is 13.5. The first kappa shape index (κ1) is 13.1. The van der Waals surface area contributed by atoms with Crippen molar-refractivity contribution in [2.45, 2.75) is 19.8 Å². The summed E-state index contributed by atoms with van der Waals surface area (Å²) in [5, 5.41) is 2.90. The minimum atomic E-state index is -0.513. The van der Waals surface area contributed by atoms with E-state index in [4.69, 9.17) is 11.6 Å². The fourth-order valence-electron chi connectivity index (χ4n) is 2.16. The first-order valence-electron chi connectivity index (χ1n) is 6.07. The molecule has 98 valence electrons. The zero-order valence-electron chi connectivity index (χ0n) is 10.2. The number of halogens is 2. The van der Waals surface area contributed by atoms with E-state index in [2.05, 4.69) is 12.2 Å². The molecule has 1 aliphatic rings. The summed E-state index contributed by atoms with van der Waals surface area (Å²) in [4.78, 5) is 13.7. The summed E-state index contributed by atoms with van der Waals surface area (Å²) >= 11 is 5.66. The number of carbonyl (C=O) groups excluding carboxylic acids is 1. The molecule has 1 aromatic carbocycles. The molecule has 18 heavy (non-hydrogen) atoms. The van der Waals surface area contributed by atoms with Gasteiger partial charge in [0.05, 0.1) is 5.69 Å². The van der Waals surface area contributed by atoms with Crippen LogP contribution in [0.1, 0.15) is 19.8 Å². The van der Waals surface area contributed by atoms with Crippen molar-refractivity contribution in [1.82, 2.24) is 4.90 Å². The number of anilines is 1. The molecular formula is C13H16ClFN2O. The molecule has 3 nitrogen and oxygen atoms in total. The molecule has 0 saturated carbocycles. The lowest BCUT2D eigenvalue weighted by Crippen LogP contribution is -2.41. The van der Waals surface area contributed by atoms with Crippen molar-refractivity contribution < 1.29 is 9.18 Å². The van der Waals surface area contributed by atoms with E-state index in [9.17, 15) is 9.18 Å². The average Bonchev–Trinajstić information content (AvgIpc) is 2.32. The molecule has 0 aliphatic carbocycles. The van der Waals surface area contributed by atoms with Crippen molar-refractivity contribution in [3.8, 4) is 0 Å². The van der Waals surface area contributed by atoms with Crippen LogP contribution in [0.3, 0.4) is 0 Å². The number of nitrogens with one attached hydrogen (secondary N) is 1. The number of nitrogens with zero attached hydrogens (tertiary/aromatic N) is 1. The molecule has 1 heterocycles. The Morgan fingerprint density at radius 1 is 1.56 bits per heavy atom. The summed E-state index contributed by atoms with van der Waals surface area (Å²) in [6, 6.07) is 3.97. The predicted molar refractivity (Wildman–Crippen MR) is 70.4 cm³/mol. The highest BCUT2D eigenvalue weighted by atomic mass is 35.5. The van der Waals surface area contributed by atoms with Gasteiger partial charge in [0.1, 0.15) is 5.82 Å². The second-order valence-corrected chi connectivity index (χ2v) is 5.18. The van der Waals surface area contributed by atoms with E-state index < -0.39 is 5.82 Å². The zero-order chi connectivity index (χ0) is 13.1. The smallest absolute Gasteiger partial charge is 0.321 e. The third-order valence-corrected chi connectivity index (χ3v) is 3.35. The summed E-state index contributed by atoms with van der Waals surface area (Å²) in [6.45, 7) is 3.56. The number of urea groups is 1. The van der Waals surface area contributed by atoms with Crippen LogP contribution in [0.25, 0.3) is 0 Å². The van der Waals surface area contributed by atoms with E-state index in [1.807, 2.05) is 0 Å². The second-order valence-electron chi connectivity index (χ2n) is 4.75. The van der Waals surface area contributed by atoms with Gasteiger partial charge in [-0.3, -0.25) is 0 Å². The predicted octanol–water partition coefficient (Wildman–Crippen LogP) is 3.74. The van der Waals surface area contributed by atoms with Crippen LogP contribution in [0.5, 0.6) is 0 Å². The van der Waals surface area contributed by atoms with Gasteiger partial charge >= 0.3 is 6.03 Å². The minimum absolute atomic E-state index is 0.169. The van der Waals surface area contributed by atoms with Crippen LogP contribution in [0.2, 0.25) is 5.02 Å². The van der Waals surface area contributed by atoms with E-state index in [1.165, 1.54) is 12.1 Å². The van der Waals surface area contributed by atoms with Gasteiger partial charge in [0, 0.05) is 18.1 Å². The number of piperidine rings is 1. The standard InChI is InChI=1S/C13H16ClFN2O/c1-9-3-2-6-17(8-9)13(18)16-12-5-4-10(14)7-11(12)15/h4-5,7,9H,2-3,6,8H2,1H3,(H,16,18). The Morgan fingerprint density at radius 2 is 2.33 bits per heavy atom. The van der Waals surface area contributed by atoms with Crippen molar-refractivity contribution >= 4 is 23.3 Å². The molecule has 1 aromatic rings. The Bertz CT molecular complexity index is 453. The van der Waals surface area contributed by atoms with Gasteiger partial charge < -0.3 is 10.2 Å². The lowest BCUT2D eigenvalue weighted by Gasteiger charge is -2.30. The van der Waals surface area contributed by atoms with Gasteiger partial charge in [-0.1, -0.05) is 18.5 Å². The molecule has 1 N–H and O–H groups in total. The number of benzene rings is 1. The summed E-state index contributed by atoms with van der Waals surface area (Å²) in [6.07, 6.45) is 2.14. The highest BCUT2D eigenvalue weighted by Crippen LogP contribution is 2.21.